The zero-order chi connectivity index (χ0) is 19.6. The Kier molecular flexibility index (Phi) is 4.98. The maximum atomic E-state index is 12.7. The van der Waals surface area contributed by atoms with Crippen LogP contribution in [0.3, 0.4) is 0 Å². The minimum absolute atomic E-state index is 0.0125. The summed E-state index contributed by atoms with van der Waals surface area (Å²) in [5, 5.41) is 5.31. The van der Waals surface area contributed by atoms with E-state index in [1.54, 1.807) is 36.8 Å². The molecule has 4 amide bonds. The quantitative estimate of drug-likeness (QED) is 0.785. The van der Waals surface area contributed by atoms with Crippen LogP contribution in [0.15, 0.2) is 43.0 Å². The third kappa shape index (κ3) is 4.33. The molecule has 27 heavy (non-hydrogen) atoms. The Morgan fingerprint density at radius 1 is 1.26 bits per heavy atom. The summed E-state index contributed by atoms with van der Waals surface area (Å²) in [7, 11) is 0. The van der Waals surface area contributed by atoms with Crippen molar-refractivity contribution in [3.05, 3.63) is 48.5 Å². The molecule has 1 saturated heterocycles. The molecule has 1 aliphatic rings. The second-order valence-corrected chi connectivity index (χ2v) is 7.64. The number of rotatable bonds is 5. The Bertz CT molecular complexity index is 837. The van der Waals surface area contributed by atoms with Crippen molar-refractivity contribution >= 4 is 23.5 Å². The Balaban J connectivity index is 1.70. The fourth-order valence-corrected chi connectivity index (χ4v) is 2.83. The van der Waals surface area contributed by atoms with Gasteiger partial charge < -0.3 is 9.88 Å². The average Bonchev–Trinajstić information content (AvgIpc) is 3.22. The van der Waals surface area contributed by atoms with E-state index in [0.29, 0.717) is 17.8 Å². The van der Waals surface area contributed by atoms with Crippen molar-refractivity contribution in [2.75, 3.05) is 11.4 Å². The van der Waals surface area contributed by atoms with Crippen LogP contribution in [-0.4, -0.2) is 40.0 Å². The zero-order valence-corrected chi connectivity index (χ0v) is 15.6. The first-order valence-electron chi connectivity index (χ1n) is 8.72. The Morgan fingerprint density at radius 3 is 2.48 bits per heavy atom. The summed E-state index contributed by atoms with van der Waals surface area (Å²) in [6.45, 7) is 6.81. The van der Waals surface area contributed by atoms with Crippen molar-refractivity contribution < 1.29 is 14.4 Å². The van der Waals surface area contributed by atoms with E-state index < -0.39 is 6.03 Å². The van der Waals surface area contributed by atoms with Gasteiger partial charge in [-0.2, -0.15) is 0 Å². The lowest BCUT2D eigenvalue weighted by atomic mass is 9.86. The second-order valence-electron chi connectivity index (χ2n) is 7.64. The lowest BCUT2D eigenvalue weighted by molar-refractivity contribution is -0.117. The van der Waals surface area contributed by atoms with Crippen molar-refractivity contribution in [1.29, 1.82) is 0 Å². The first kappa shape index (κ1) is 18.6. The summed E-state index contributed by atoms with van der Waals surface area (Å²) in [6.07, 6.45) is 5.30. The van der Waals surface area contributed by atoms with Crippen molar-refractivity contribution in [3.63, 3.8) is 0 Å². The summed E-state index contributed by atoms with van der Waals surface area (Å²) in [4.78, 5) is 41.1. The molecule has 8 nitrogen and oxygen atoms in total. The van der Waals surface area contributed by atoms with Gasteiger partial charge in [-0.15, -0.1) is 0 Å². The van der Waals surface area contributed by atoms with E-state index in [1.165, 1.54) is 4.90 Å². The molecule has 0 radical (unpaired) electrons. The highest BCUT2D eigenvalue weighted by atomic mass is 16.2. The number of imide groups is 1. The van der Waals surface area contributed by atoms with Crippen LogP contribution >= 0.6 is 0 Å². The minimum atomic E-state index is -0.453. The summed E-state index contributed by atoms with van der Waals surface area (Å²) >= 11 is 0. The summed E-state index contributed by atoms with van der Waals surface area (Å²) in [5.74, 6) is -0.530. The monoisotopic (exact) mass is 369 g/mol. The Labute approximate surface area is 157 Å². The Morgan fingerprint density at radius 2 is 1.96 bits per heavy atom. The maximum absolute atomic E-state index is 12.7. The molecule has 1 aromatic carbocycles. The van der Waals surface area contributed by atoms with Crippen molar-refractivity contribution in [2.24, 2.45) is 5.41 Å². The number of anilines is 1. The standard InChI is InChI=1S/C19H23N5O3/c1-19(2,3)15(10-23-9-8-20-12-23)21-17(26)13-4-6-14(7-5-13)24-11-16(25)22-18(24)27/h4-9,12,15H,10-11H2,1-3H3,(H,21,26)(H,22,25,27)/t15-/m0/s1. The normalized spacial score (nSPS) is 15.6. The predicted octanol–water partition coefficient (Wildman–Crippen LogP) is 1.78. The molecular weight excluding hydrogens is 346 g/mol. The van der Waals surface area contributed by atoms with E-state index in [-0.39, 0.29) is 29.8 Å². The predicted molar refractivity (Wildman–Crippen MR) is 100 cm³/mol. The van der Waals surface area contributed by atoms with Crippen molar-refractivity contribution in [1.82, 2.24) is 20.2 Å². The van der Waals surface area contributed by atoms with E-state index in [2.05, 4.69) is 36.4 Å². The van der Waals surface area contributed by atoms with Crippen LogP contribution in [0.4, 0.5) is 10.5 Å². The highest BCUT2D eigenvalue weighted by Crippen LogP contribution is 2.22. The van der Waals surface area contributed by atoms with E-state index >= 15 is 0 Å². The summed E-state index contributed by atoms with van der Waals surface area (Å²) in [6, 6.07) is 6.07. The molecule has 142 valence electrons. The molecule has 0 unspecified atom stereocenters. The lowest BCUT2D eigenvalue weighted by Crippen LogP contribution is -2.46. The lowest BCUT2D eigenvalue weighted by Gasteiger charge is -2.31. The maximum Gasteiger partial charge on any atom is 0.329 e. The number of imidazole rings is 1. The number of nitrogens with zero attached hydrogens (tertiary/aromatic N) is 3. The molecule has 2 heterocycles. The molecule has 1 atom stereocenters. The van der Waals surface area contributed by atoms with Gasteiger partial charge in [0.05, 0.1) is 12.4 Å². The highest BCUT2D eigenvalue weighted by molar-refractivity contribution is 6.12. The fraction of sp³-hybridized carbons (Fsp3) is 0.368. The number of nitrogens with one attached hydrogen (secondary N) is 2. The van der Waals surface area contributed by atoms with E-state index in [4.69, 9.17) is 0 Å². The van der Waals surface area contributed by atoms with Gasteiger partial charge in [-0.05, 0) is 29.7 Å². The summed E-state index contributed by atoms with van der Waals surface area (Å²) < 4.78 is 1.93. The Hall–Kier alpha value is -3.16. The van der Waals surface area contributed by atoms with Gasteiger partial charge in [-0.1, -0.05) is 20.8 Å². The highest BCUT2D eigenvalue weighted by Gasteiger charge is 2.29. The van der Waals surface area contributed by atoms with Gasteiger partial charge in [0.25, 0.3) is 5.91 Å². The van der Waals surface area contributed by atoms with Gasteiger partial charge in [0, 0.05) is 30.2 Å². The number of carbonyl (C=O) groups excluding carboxylic acids is 3. The number of aromatic nitrogens is 2. The summed E-state index contributed by atoms with van der Waals surface area (Å²) in [5.41, 5.74) is 0.915. The molecule has 3 rings (SSSR count). The van der Waals surface area contributed by atoms with Crippen LogP contribution in [0, 0.1) is 5.41 Å². The van der Waals surface area contributed by atoms with Crippen LogP contribution in [0.25, 0.3) is 0 Å². The van der Waals surface area contributed by atoms with Crippen LogP contribution in [0.2, 0.25) is 0 Å². The molecule has 1 aromatic heterocycles. The molecule has 2 N–H and O–H groups in total. The van der Waals surface area contributed by atoms with E-state index in [0.717, 1.165) is 0 Å². The molecular formula is C19H23N5O3. The number of amides is 4. The third-order valence-electron chi connectivity index (χ3n) is 4.54. The van der Waals surface area contributed by atoms with Gasteiger partial charge >= 0.3 is 6.03 Å². The molecule has 1 fully saturated rings. The van der Waals surface area contributed by atoms with Crippen molar-refractivity contribution in [2.45, 2.75) is 33.4 Å². The van der Waals surface area contributed by atoms with Gasteiger partial charge in [-0.25, -0.2) is 9.78 Å². The van der Waals surface area contributed by atoms with Crippen LogP contribution < -0.4 is 15.5 Å². The largest absolute Gasteiger partial charge is 0.347 e. The molecule has 0 spiro atoms. The minimum Gasteiger partial charge on any atom is -0.347 e. The number of urea groups is 1. The third-order valence-corrected chi connectivity index (χ3v) is 4.54. The molecule has 8 heteroatoms. The average molecular weight is 369 g/mol. The smallest absolute Gasteiger partial charge is 0.329 e. The van der Waals surface area contributed by atoms with Gasteiger partial charge in [0.2, 0.25) is 5.91 Å². The van der Waals surface area contributed by atoms with E-state index in [1.807, 2.05) is 10.8 Å². The van der Waals surface area contributed by atoms with Crippen LogP contribution in [0.1, 0.15) is 31.1 Å². The first-order valence-corrected chi connectivity index (χ1v) is 8.72. The topological polar surface area (TPSA) is 96.3 Å². The van der Waals surface area contributed by atoms with Crippen molar-refractivity contribution in [3.8, 4) is 0 Å². The number of hydrogen-bond donors (Lipinski definition) is 2. The first-order chi connectivity index (χ1) is 12.7. The second kappa shape index (κ2) is 7.22. The van der Waals surface area contributed by atoms with Crippen LogP contribution in [-0.2, 0) is 11.3 Å². The van der Waals surface area contributed by atoms with E-state index in [9.17, 15) is 14.4 Å². The molecule has 0 aliphatic carbocycles. The van der Waals surface area contributed by atoms with Gasteiger partial charge in [0.15, 0.2) is 0 Å². The molecule has 1 aliphatic heterocycles. The number of carbonyl (C=O) groups is 3. The number of benzene rings is 1. The molecule has 2 aromatic rings. The van der Waals surface area contributed by atoms with Gasteiger partial charge in [0.1, 0.15) is 6.54 Å². The van der Waals surface area contributed by atoms with Gasteiger partial charge in [-0.3, -0.25) is 19.8 Å². The number of hydrogen-bond acceptors (Lipinski definition) is 4. The zero-order valence-electron chi connectivity index (χ0n) is 15.6. The SMILES string of the molecule is CC(C)(C)[C@H](Cn1ccnc1)NC(=O)c1ccc(N2CC(=O)NC2=O)cc1. The molecule has 0 saturated carbocycles. The fourth-order valence-electron chi connectivity index (χ4n) is 2.83. The van der Waals surface area contributed by atoms with Crippen LogP contribution in [0.5, 0.6) is 0 Å². The molecule has 0 bridgehead atoms.